The van der Waals surface area contributed by atoms with Crippen molar-refractivity contribution >= 4 is 0 Å². The summed E-state index contributed by atoms with van der Waals surface area (Å²) in [6, 6.07) is 4.37. The fraction of sp³-hybridized carbons (Fsp3) is 0.529. The molecule has 0 saturated carbocycles. The number of hydrogen-bond donors (Lipinski definition) is 1. The highest BCUT2D eigenvalue weighted by Crippen LogP contribution is 2.19. The fourth-order valence-corrected chi connectivity index (χ4v) is 2.41. The van der Waals surface area contributed by atoms with E-state index in [1.807, 2.05) is 0 Å². The van der Waals surface area contributed by atoms with Crippen LogP contribution in [0.3, 0.4) is 0 Å². The van der Waals surface area contributed by atoms with Crippen molar-refractivity contribution in [1.82, 2.24) is 4.90 Å². The molecule has 21 heavy (non-hydrogen) atoms. The summed E-state index contributed by atoms with van der Waals surface area (Å²) in [7, 11) is 0. The van der Waals surface area contributed by atoms with E-state index in [4.69, 9.17) is 9.84 Å². The Morgan fingerprint density at radius 2 is 2.10 bits per heavy atom. The number of likely N-dealkylation sites (tertiary alicyclic amines) is 1. The second-order valence-electron chi connectivity index (χ2n) is 5.17. The highest BCUT2D eigenvalue weighted by atomic mass is 19.1. The molecule has 0 bridgehead atoms. The normalized spacial score (nSPS) is 14.8. The van der Waals surface area contributed by atoms with Crippen LogP contribution in [-0.2, 0) is 0 Å². The molecule has 4 heteroatoms. The van der Waals surface area contributed by atoms with Crippen LogP contribution in [0.15, 0.2) is 18.2 Å². The first-order valence-corrected chi connectivity index (χ1v) is 7.54. The maximum atomic E-state index is 13.3. The highest BCUT2D eigenvalue weighted by Gasteiger charge is 2.10. The summed E-state index contributed by atoms with van der Waals surface area (Å²) in [5.74, 6) is 5.91. The smallest absolute Gasteiger partial charge is 0.137 e. The minimum atomic E-state index is -0.322. The molecule has 0 aliphatic carbocycles. The van der Waals surface area contributed by atoms with E-state index in [-0.39, 0.29) is 12.4 Å². The predicted octanol–water partition coefficient (Wildman–Crippen LogP) is 2.42. The van der Waals surface area contributed by atoms with Crippen LogP contribution in [0.1, 0.15) is 31.2 Å². The molecule has 1 saturated heterocycles. The van der Waals surface area contributed by atoms with Gasteiger partial charge in [0.05, 0.1) is 18.8 Å². The first-order chi connectivity index (χ1) is 10.3. The SMILES string of the molecule is OCCC#Cc1ccc(F)cc1OCCCN1CCCC1. The van der Waals surface area contributed by atoms with Crippen LogP contribution in [0.4, 0.5) is 4.39 Å². The van der Waals surface area contributed by atoms with Crippen molar-refractivity contribution in [2.75, 3.05) is 32.8 Å². The van der Waals surface area contributed by atoms with Crippen LogP contribution in [0.2, 0.25) is 0 Å². The van der Waals surface area contributed by atoms with Gasteiger partial charge < -0.3 is 14.7 Å². The molecule has 0 spiro atoms. The van der Waals surface area contributed by atoms with E-state index in [9.17, 15) is 4.39 Å². The molecule has 2 rings (SSSR count). The lowest BCUT2D eigenvalue weighted by Crippen LogP contribution is -2.22. The van der Waals surface area contributed by atoms with Crippen LogP contribution in [0, 0.1) is 17.7 Å². The van der Waals surface area contributed by atoms with E-state index in [1.165, 1.54) is 38.1 Å². The molecule has 1 aromatic rings. The number of aliphatic hydroxyl groups excluding tert-OH is 1. The standard InChI is InChI=1S/C17H22FNO2/c18-16-8-7-15(6-1-4-12-20)17(14-16)21-13-5-11-19-9-2-3-10-19/h7-8,14,20H,2-5,9-13H2. The molecule has 1 fully saturated rings. The minimum absolute atomic E-state index is 0.0280. The zero-order valence-electron chi connectivity index (χ0n) is 12.3. The van der Waals surface area contributed by atoms with Crippen LogP contribution in [0.25, 0.3) is 0 Å². The molecule has 0 amide bonds. The molecule has 0 unspecified atom stereocenters. The van der Waals surface area contributed by atoms with E-state index in [2.05, 4.69) is 16.7 Å². The highest BCUT2D eigenvalue weighted by molar-refractivity contribution is 5.46. The Balaban J connectivity index is 1.85. The summed E-state index contributed by atoms with van der Waals surface area (Å²) in [5, 5.41) is 8.74. The zero-order chi connectivity index (χ0) is 14.9. The van der Waals surface area contributed by atoms with Gasteiger partial charge in [-0.1, -0.05) is 11.8 Å². The molecule has 1 heterocycles. The van der Waals surface area contributed by atoms with E-state index in [0.717, 1.165) is 13.0 Å². The summed E-state index contributed by atoms with van der Waals surface area (Å²) >= 11 is 0. The second-order valence-corrected chi connectivity index (χ2v) is 5.17. The van der Waals surface area contributed by atoms with Gasteiger partial charge in [-0.25, -0.2) is 4.39 Å². The van der Waals surface area contributed by atoms with Crippen molar-refractivity contribution in [2.45, 2.75) is 25.7 Å². The molecule has 0 aromatic heterocycles. The molecule has 114 valence electrons. The molecular formula is C17H22FNO2. The number of aliphatic hydroxyl groups is 1. The van der Waals surface area contributed by atoms with E-state index < -0.39 is 0 Å². The van der Waals surface area contributed by atoms with E-state index in [1.54, 1.807) is 6.07 Å². The van der Waals surface area contributed by atoms with Crippen molar-refractivity contribution in [3.8, 4) is 17.6 Å². The van der Waals surface area contributed by atoms with Gasteiger partial charge in [0, 0.05) is 19.0 Å². The van der Waals surface area contributed by atoms with Crippen molar-refractivity contribution in [3.63, 3.8) is 0 Å². The summed E-state index contributed by atoms with van der Waals surface area (Å²) in [6.07, 6.45) is 3.91. The summed E-state index contributed by atoms with van der Waals surface area (Å²) < 4.78 is 19.0. The fourth-order valence-electron chi connectivity index (χ4n) is 2.41. The molecule has 3 nitrogen and oxygen atoms in total. The number of hydrogen-bond acceptors (Lipinski definition) is 3. The maximum Gasteiger partial charge on any atom is 0.137 e. The number of halogens is 1. The van der Waals surface area contributed by atoms with Gasteiger partial charge in [-0.15, -0.1) is 0 Å². The number of rotatable bonds is 6. The van der Waals surface area contributed by atoms with Crippen LogP contribution < -0.4 is 4.74 Å². The summed E-state index contributed by atoms with van der Waals surface area (Å²) in [6.45, 7) is 3.98. The van der Waals surface area contributed by atoms with Crippen LogP contribution >= 0.6 is 0 Å². The third kappa shape index (κ3) is 5.37. The lowest BCUT2D eigenvalue weighted by Gasteiger charge is -2.14. The van der Waals surface area contributed by atoms with Crippen molar-refractivity contribution < 1.29 is 14.2 Å². The quantitative estimate of drug-likeness (QED) is 0.645. The average molecular weight is 291 g/mol. The molecule has 0 radical (unpaired) electrons. The summed E-state index contributed by atoms with van der Waals surface area (Å²) in [4.78, 5) is 2.43. The Hall–Kier alpha value is -1.57. The molecule has 1 aliphatic heterocycles. The van der Waals surface area contributed by atoms with E-state index in [0.29, 0.717) is 24.3 Å². The topological polar surface area (TPSA) is 32.7 Å². The molecule has 1 aliphatic rings. The van der Waals surface area contributed by atoms with Gasteiger partial charge in [0.2, 0.25) is 0 Å². The number of nitrogens with zero attached hydrogens (tertiary/aromatic N) is 1. The molecular weight excluding hydrogens is 269 g/mol. The third-order valence-electron chi connectivity index (χ3n) is 3.48. The largest absolute Gasteiger partial charge is 0.492 e. The minimum Gasteiger partial charge on any atom is -0.492 e. The Morgan fingerprint density at radius 1 is 1.29 bits per heavy atom. The van der Waals surface area contributed by atoms with Gasteiger partial charge in [-0.05, 0) is 44.5 Å². The lowest BCUT2D eigenvalue weighted by atomic mass is 10.2. The monoisotopic (exact) mass is 291 g/mol. The van der Waals surface area contributed by atoms with Crippen LogP contribution in [-0.4, -0.2) is 42.9 Å². The molecule has 0 atom stereocenters. The van der Waals surface area contributed by atoms with Crippen molar-refractivity contribution in [2.24, 2.45) is 0 Å². The van der Waals surface area contributed by atoms with Gasteiger partial charge >= 0.3 is 0 Å². The molecule has 1 N–H and O–H groups in total. The van der Waals surface area contributed by atoms with Gasteiger partial charge in [0.25, 0.3) is 0 Å². The first-order valence-electron chi connectivity index (χ1n) is 7.54. The molecule has 1 aromatic carbocycles. The Bertz CT molecular complexity index is 501. The lowest BCUT2D eigenvalue weighted by molar-refractivity contribution is 0.262. The number of benzene rings is 1. The van der Waals surface area contributed by atoms with Gasteiger partial charge in [-0.2, -0.15) is 0 Å². The predicted molar refractivity (Wildman–Crippen MR) is 80.8 cm³/mol. The van der Waals surface area contributed by atoms with Gasteiger partial charge in [0.1, 0.15) is 11.6 Å². The van der Waals surface area contributed by atoms with Gasteiger partial charge in [0.15, 0.2) is 0 Å². The summed E-state index contributed by atoms with van der Waals surface area (Å²) in [5.41, 5.74) is 0.672. The van der Waals surface area contributed by atoms with Crippen LogP contribution in [0.5, 0.6) is 5.75 Å². The van der Waals surface area contributed by atoms with E-state index >= 15 is 0 Å². The average Bonchev–Trinajstić information content (AvgIpc) is 2.99. The second kappa shape index (κ2) is 8.66. The first kappa shape index (κ1) is 15.8. The van der Waals surface area contributed by atoms with Crippen molar-refractivity contribution in [1.29, 1.82) is 0 Å². The Kier molecular flexibility index (Phi) is 6.52. The Labute approximate surface area is 125 Å². The van der Waals surface area contributed by atoms with Gasteiger partial charge in [-0.3, -0.25) is 0 Å². The maximum absolute atomic E-state index is 13.3. The van der Waals surface area contributed by atoms with Crippen molar-refractivity contribution in [3.05, 3.63) is 29.6 Å². The third-order valence-corrected chi connectivity index (χ3v) is 3.48. The Morgan fingerprint density at radius 3 is 2.86 bits per heavy atom. The number of ether oxygens (including phenoxy) is 1. The zero-order valence-corrected chi connectivity index (χ0v) is 12.3.